The van der Waals surface area contributed by atoms with Gasteiger partial charge >= 0.3 is 0 Å². The first-order chi connectivity index (χ1) is 11.2. The van der Waals surface area contributed by atoms with E-state index in [2.05, 4.69) is 59.0 Å². The van der Waals surface area contributed by atoms with E-state index in [-0.39, 0.29) is 5.54 Å². The highest BCUT2D eigenvalue weighted by molar-refractivity contribution is 5.17. The summed E-state index contributed by atoms with van der Waals surface area (Å²) in [5, 5.41) is 4.46. The maximum absolute atomic E-state index is 4.58. The van der Waals surface area contributed by atoms with Crippen molar-refractivity contribution in [2.24, 2.45) is 35.5 Å². The maximum Gasteiger partial charge on any atom is 0.0726 e. The fraction of sp³-hybridized carbons (Fsp3) is 0.818. The van der Waals surface area contributed by atoms with E-state index in [9.17, 15) is 0 Å². The van der Waals surface area contributed by atoms with Crippen LogP contribution in [0.15, 0.2) is 12.2 Å². The number of hydrogen-bond acceptors (Lipinski definition) is 0. The van der Waals surface area contributed by atoms with Crippen molar-refractivity contribution >= 4 is 0 Å². The van der Waals surface area contributed by atoms with E-state index in [0.717, 1.165) is 35.5 Å². The Morgan fingerprint density at radius 2 is 2.00 bits per heavy atom. The van der Waals surface area contributed by atoms with Gasteiger partial charge in [-0.1, -0.05) is 19.1 Å². The average molecular weight is 333 g/mol. The number of quaternary nitrogens is 2. The molecule has 3 saturated carbocycles. The summed E-state index contributed by atoms with van der Waals surface area (Å²) < 4.78 is 0. The normalized spacial score (nSPS) is 45.8. The smallest absolute Gasteiger partial charge is 0.0726 e. The first-order valence-electron chi connectivity index (χ1n) is 10.2. The summed E-state index contributed by atoms with van der Waals surface area (Å²) in [6, 6.07) is 0. The zero-order valence-corrected chi connectivity index (χ0v) is 16.5. The molecule has 0 heterocycles. The van der Waals surface area contributed by atoms with Gasteiger partial charge in [0.25, 0.3) is 0 Å². The van der Waals surface area contributed by atoms with E-state index in [1.54, 1.807) is 5.57 Å². The number of hydrogen-bond donors (Lipinski definition) is 2. The lowest BCUT2D eigenvalue weighted by atomic mass is 9.46. The maximum atomic E-state index is 4.58. The molecule has 2 nitrogen and oxygen atoms in total. The average Bonchev–Trinajstić information content (AvgIpc) is 2.53. The molecular formula is C22H40N2. The van der Waals surface area contributed by atoms with Crippen LogP contribution in [0.5, 0.6) is 0 Å². The molecule has 0 aromatic rings. The predicted molar refractivity (Wildman–Crippen MR) is 101 cm³/mol. The van der Waals surface area contributed by atoms with Gasteiger partial charge in [0, 0.05) is 18.8 Å². The molecule has 3 fully saturated rings. The van der Waals surface area contributed by atoms with Gasteiger partial charge in [0.2, 0.25) is 0 Å². The molecular weight excluding hydrogens is 292 g/mol. The van der Waals surface area contributed by atoms with Crippen LogP contribution in [0, 0.1) is 49.6 Å². The third-order valence-electron chi connectivity index (χ3n) is 8.21. The summed E-state index contributed by atoms with van der Waals surface area (Å²) in [7, 11) is 8.33. The Kier molecular flexibility index (Phi) is 4.94. The minimum Gasteiger partial charge on any atom is -0.474 e. The molecule has 0 aromatic carbocycles. The lowest BCUT2D eigenvalue weighted by Crippen LogP contribution is -2.94. The van der Waals surface area contributed by atoms with E-state index in [1.807, 2.05) is 0 Å². The fourth-order valence-corrected chi connectivity index (χ4v) is 6.75. The Hall–Kier alpha value is -0.340. The lowest BCUT2D eigenvalue weighted by Gasteiger charge is -2.60. The van der Waals surface area contributed by atoms with E-state index in [0.29, 0.717) is 5.54 Å². The van der Waals surface area contributed by atoms with Gasteiger partial charge in [-0.05, 0) is 76.0 Å². The van der Waals surface area contributed by atoms with Crippen molar-refractivity contribution in [1.29, 1.82) is 0 Å². The Bertz CT molecular complexity index is 482. The van der Waals surface area contributed by atoms with E-state index < -0.39 is 0 Å². The number of allylic oxidation sites excluding steroid dienone is 1. The largest absolute Gasteiger partial charge is 0.474 e. The highest BCUT2D eigenvalue weighted by atomic mass is 15.0. The minimum atomic E-state index is 0.237. The Balaban J connectivity index is 1.93. The van der Waals surface area contributed by atoms with Crippen LogP contribution in [0.4, 0.5) is 0 Å². The Morgan fingerprint density at radius 1 is 1.29 bits per heavy atom. The molecule has 0 amide bonds. The van der Waals surface area contributed by atoms with Crippen LogP contribution in [0.1, 0.15) is 66.2 Å². The predicted octanol–water partition coefficient (Wildman–Crippen LogP) is 2.89. The van der Waals surface area contributed by atoms with Crippen molar-refractivity contribution in [2.75, 3.05) is 0 Å². The highest BCUT2D eigenvalue weighted by Gasteiger charge is 2.57. The van der Waals surface area contributed by atoms with Crippen molar-refractivity contribution < 1.29 is 10.6 Å². The van der Waals surface area contributed by atoms with Gasteiger partial charge in [-0.25, -0.2) is 0 Å². The standard InChI is InChI=1S/C22H40N2/c1-14-8-9-18-20-17(10-11-22(18,5)24-7)15(2)12-16(19(14)20)13-21(3,4)23-6/h15-20H,1,6-13,23-24H2,2-5H3/t15-,16-,17+,18+,19-,20+,22-/m0/s1. The molecule has 0 bridgehead atoms. The van der Waals surface area contributed by atoms with Crippen molar-refractivity contribution in [2.45, 2.75) is 77.3 Å². The van der Waals surface area contributed by atoms with Crippen molar-refractivity contribution in [3.05, 3.63) is 26.2 Å². The molecule has 0 aliphatic heterocycles. The molecule has 2 heteroatoms. The third-order valence-corrected chi connectivity index (χ3v) is 8.21. The molecule has 7 atom stereocenters. The summed E-state index contributed by atoms with van der Waals surface area (Å²) in [5.41, 5.74) is 2.14. The molecule has 3 aliphatic rings. The van der Waals surface area contributed by atoms with Crippen LogP contribution in [0.25, 0.3) is 0 Å². The molecule has 0 radical (unpaired) electrons. The van der Waals surface area contributed by atoms with Crippen LogP contribution < -0.4 is 10.6 Å². The van der Waals surface area contributed by atoms with Crippen LogP contribution in [-0.2, 0) is 0 Å². The molecule has 0 spiro atoms. The lowest BCUT2D eigenvalue weighted by molar-refractivity contribution is -0.688. The fourth-order valence-electron chi connectivity index (χ4n) is 6.75. The van der Waals surface area contributed by atoms with E-state index in [1.165, 1.54) is 38.5 Å². The minimum absolute atomic E-state index is 0.237. The van der Waals surface area contributed by atoms with Crippen molar-refractivity contribution in [1.82, 2.24) is 0 Å². The number of rotatable bonds is 4. The summed E-state index contributed by atoms with van der Waals surface area (Å²) in [6.07, 6.45) is 7.97. The van der Waals surface area contributed by atoms with Crippen molar-refractivity contribution in [3.8, 4) is 0 Å². The van der Waals surface area contributed by atoms with E-state index in [4.69, 9.17) is 0 Å². The first kappa shape index (κ1) is 18.5. The third kappa shape index (κ3) is 2.98. The zero-order chi connectivity index (χ0) is 17.7. The Labute approximate surface area is 150 Å². The molecule has 3 aliphatic carbocycles. The van der Waals surface area contributed by atoms with Gasteiger partial charge in [0.1, 0.15) is 0 Å². The van der Waals surface area contributed by atoms with Gasteiger partial charge in [0.05, 0.1) is 11.1 Å². The molecule has 138 valence electrons. The zero-order valence-electron chi connectivity index (χ0n) is 16.5. The van der Waals surface area contributed by atoms with Gasteiger partial charge in [-0.3, -0.25) is 0 Å². The first-order valence-corrected chi connectivity index (χ1v) is 10.2. The molecule has 4 N–H and O–H groups in total. The van der Waals surface area contributed by atoms with Gasteiger partial charge in [-0.2, -0.15) is 14.1 Å². The van der Waals surface area contributed by atoms with E-state index >= 15 is 0 Å². The highest BCUT2D eigenvalue weighted by Crippen LogP contribution is 2.60. The molecule has 24 heavy (non-hydrogen) atoms. The SMILES string of the molecule is C=C1CC[C@@H]2[C@H]3[C@H](CC[C@]2(C)[NH2+][CH2-])[C@@H](C)C[C@@H](CC(C)(C)[NH2+][CH2-])[C@H]13. The number of nitrogens with two attached hydrogens (primary N) is 2. The topological polar surface area (TPSA) is 33.2 Å². The molecule has 0 saturated heterocycles. The molecule has 0 unspecified atom stereocenters. The second kappa shape index (κ2) is 6.43. The van der Waals surface area contributed by atoms with Gasteiger partial charge < -0.3 is 10.6 Å². The quantitative estimate of drug-likeness (QED) is 0.586. The second-order valence-electron chi connectivity index (χ2n) is 10.2. The summed E-state index contributed by atoms with van der Waals surface area (Å²) in [6.45, 7) is 14.3. The monoisotopic (exact) mass is 332 g/mol. The summed E-state index contributed by atoms with van der Waals surface area (Å²) in [5.74, 6) is 4.96. The van der Waals surface area contributed by atoms with Gasteiger partial charge in [0.15, 0.2) is 0 Å². The van der Waals surface area contributed by atoms with Crippen LogP contribution >= 0.6 is 0 Å². The Morgan fingerprint density at radius 3 is 2.62 bits per heavy atom. The van der Waals surface area contributed by atoms with Crippen LogP contribution in [0.2, 0.25) is 0 Å². The summed E-state index contributed by atoms with van der Waals surface area (Å²) >= 11 is 0. The van der Waals surface area contributed by atoms with Crippen LogP contribution in [-0.4, -0.2) is 11.1 Å². The molecule has 0 aromatic heterocycles. The van der Waals surface area contributed by atoms with Crippen LogP contribution in [0.3, 0.4) is 0 Å². The summed E-state index contributed by atoms with van der Waals surface area (Å²) in [4.78, 5) is 0. The second-order valence-corrected chi connectivity index (χ2v) is 10.2. The molecule has 3 rings (SSSR count). The van der Waals surface area contributed by atoms with Gasteiger partial charge in [-0.15, -0.1) is 0 Å². The van der Waals surface area contributed by atoms with Crippen molar-refractivity contribution in [3.63, 3.8) is 0 Å².